The van der Waals surface area contributed by atoms with Crippen molar-refractivity contribution in [1.82, 2.24) is 0 Å². The average molecular weight is 355 g/mol. The van der Waals surface area contributed by atoms with Gasteiger partial charge in [0.2, 0.25) is 0 Å². The van der Waals surface area contributed by atoms with Crippen molar-refractivity contribution in [2.45, 2.75) is 0 Å². The SMILES string of the molecule is COc1ccc([N+](=O)[O-])cc1C(=O)OCC(=O)Nc1cccc(C#N)c1. The summed E-state index contributed by atoms with van der Waals surface area (Å²) < 4.78 is 9.85. The van der Waals surface area contributed by atoms with E-state index in [1.807, 2.05) is 6.07 Å². The van der Waals surface area contributed by atoms with Gasteiger partial charge in [0.1, 0.15) is 11.3 Å². The van der Waals surface area contributed by atoms with Crippen molar-refractivity contribution in [2.24, 2.45) is 0 Å². The van der Waals surface area contributed by atoms with Crippen LogP contribution in [0.1, 0.15) is 15.9 Å². The first-order chi connectivity index (χ1) is 12.4. The number of esters is 1. The highest BCUT2D eigenvalue weighted by Gasteiger charge is 2.19. The molecule has 0 heterocycles. The number of non-ortho nitro benzene ring substituents is 1. The molecular weight excluding hydrogens is 342 g/mol. The van der Waals surface area contributed by atoms with E-state index < -0.39 is 23.4 Å². The molecule has 0 saturated heterocycles. The van der Waals surface area contributed by atoms with Gasteiger partial charge in [0.15, 0.2) is 6.61 Å². The molecule has 132 valence electrons. The van der Waals surface area contributed by atoms with Crippen LogP contribution in [0, 0.1) is 21.4 Å². The molecular formula is C17H13N3O6. The number of ether oxygens (including phenoxy) is 2. The molecule has 0 aromatic heterocycles. The molecule has 2 aromatic rings. The lowest BCUT2D eigenvalue weighted by molar-refractivity contribution is -0.384. The molecule has 2 aromatic carbocycles. The molecule has 0 saturated carbocycles. The molecule has 2 rings (SSSR count). The van der Waals surface area contributed by atoms with Crippen LogP contribution < -0.4 is 10.1 Å². The molecule has 0 unspecified atom stereocenters. The Morgan fingerprint density at radius 1 is 1.27 bits per heavy atom. The first kappa shape index (κ1) is 18.4. The zero-order valence-electron chi connectivity index (χ0n) is 13.6. The third-order valence-electron chi connectivity index (χ3n) is 3.22. The fourth-order valence-electron chi connectivity index (χ4n) is 2.04. The number of hydrogen-bond acceptors (Lipinski definition) is 7. The minimum absolute atomic E-state index is 0.0859. The Labute approximate surface area is 147 Å². The van der Waals surface area contributed by atoms with E-state index in [-0.39, 0.29) is 17.0 Å². The maximum Gasteiger partial charge on any atom is 0.342 e. The predicted molar refractivity (Wildman–Crippen MR) is 89.7 cm³/mol. The number of benzene rings is 2. The summed E-state index contributed by atoms with van der Waals surface area (Å²) in [5.41, 5.74) is 0.260. The number of nitro groups is 1. The van der Waals surface area contributed by atoms with Gasteiger partial charge >= 0.3 is 5.97 Å². The second-order valence-corrected chi connectivity index (χ2v) is 4.96. The van der Waals surface area contributed by atoms with Crippen LogP contribution in [0.4, 0.5) is 11.4 Å². The van der Waals surface area contributed by atoms with E-state index in [9.17, 15) is 19.7 Å². The van der Waals surface area contributed by atoms with Crippen LogP contribution in [0.5, 0.6) is 5.75 Å². The highest BCUT2D eigenvalue weighted by Crippen LogP contribution is 2.24. The molecule has 0 fully saturated rings. The maximum absolute atomic E-state index is 12.1. The smallest absolute Gasteiger partial charge is 0.342 e. The summed E-state index contributed by atoms with van der Waals surface area (Å²) in [6.07, 6.45) is 0. The maximum atomic E-state index is 12.1. The number of methoxy groups -OCH3 is 1. The second kappa shape index (κ2) is 8.25. The Hall–Kier alpha value is -3.93. The molecule has 0 aliphatic rings. The molecule has 0 bridgehead atoms. The number of nitro benzene ring substituents is 1. The largest absolute Gasteiger partial charge is 0.496 e. The van der Waals surface area contributed by atoms with E-state index in [0.29, 0.717) is 11.3 Å². The summed E-state index contributed by atoms with van der Waals surface area (Å²) >= 11 is 0. The molecule has 1 amide bonds. The Balaban J connectivity index is 2.03. The molecule has 0 aliphatic heterocycles. The second-order valence-electron chi connectivity index (χ2n) is 4.96. The monoisotopic (exact) mass is 355 g/mol. The zero-order valence-corrected chi connectivity index (χ0v) is 13.6. The number of hydrogen-bond donors (Lipinski definition) is 1. The lowest BCUT2D eigenvalue weighted by Gasteiger charge is -2.09. The van der Waals surface area contributed by atoms with E-state index >= 15 is 0 Å². The fourth-order valence-corrected chi connectivity index (χ4v) is 2.04. The Bertz CT molecular complexity index is 904. The molecule has 26 heavy (non-hydrogen) atoms. The lowest BCUT2D eigenvalue weighted by atomic mass is 10.2. The standard InChI is InChI=1S/C17H13N3O6/c1-25-15-6-5-13(20(23)24)8-14(15)17(22)26-10-16(21)19-12-4-2-3-11(7-12)9-18/h2-8H,10H2,1H3,(H,19,21). The van der Waals surface area contributed by atoms with E-state index in [2.05, 4.69) is 5.32 Å². The molecule has 9 heteroatoms. The van der Waals surface area contributed by atoms with Crippen molar-refractivity contribution < 1.29 is 24.0 Å². The van der Waals surface area contributed by atoms with Crippen LogP contribution in [0.15, 0.2) is 42.5 Å². The van der Waals surface area contributed by atoms with Crippen molar-refractivity contribution in [3.05, 3.63) is 63.7 Å². The third-order valence-corrected chi connectivity index (χ3v) is 3.22. The molecule has 0 radical (unpaired) electrons. The first-order valence-corrected chi connectivity index (χ1v) is 7.24. The first-order valence-electron chi connectivity index (χ1n) is 7.24. The third kappa shape index (κ3) is 4.55. The van der Waals surface area contributed by atoms with Gasteiger partial charge in [-0.1, -0.05) is 6.07 Å². The summed E-state index contributed by atoms with van der Waals surface area (Å²) in [6, 6.07) is 11.6. The number of carbonyl (C=O) groups is 2. The van der Waals surface area contributed by atoms with Crippen molar-refractivity contribution in [3.8, 4) is 11.8 Å². The van der Waals surface area contributed by atoms with Crippen LogP contribution in [-0.2, 0) is 9.53 Å². The normalized spacial score (nSPS) is 9.69. The summed E-state index contributed by atoms with van der Waals surface area (Å²) in [5, 5.41) is 22.1. The van der Waals surface area contributed by atoms with Crippen LogP contribution in [0.3, 0.4) is 0 Å². The van der Waals surface area contributed by atoms with Gasteiger partial charge in [-0.3, -0.25) is 14.9 Å². The van der Waals surface area contributed by atoms with Gasteiger partial charge in [-0.15, -0.1) is 0 Å². The molecule has 9 nitrogen and oxygen atoms in total. The highest BCUT2D eigenvalue weighted by molar-refractivity contribution is 5.97. The summed E-state index contributed by atoms with van der Waals surface area (Å²) in [7, 11) is 1.30. The molecule has 0 atom stereocenters. The van der Waals surface area contributed by atoms with Gasteiger partial charge in [0.25, 0.3) is 11.6 Å². The quantitative estimate of drug-likeness (QED) is 0.477. The van der Waals surface area contributed by atoms with Gasteiger partial charge in [-0.25, -0.2) is 4.79 Å². The number of nitriles is 1. The van der Waals surface area contributed by atoms with Crippen molar-refractivity contribution >= 4 is 23.3 Å². The van der Waals surface area contributed by atoms with Crippen LogP contribution in [-0.4, -0.2) is 30.5 Å². The number of nitrogens with zero attached hydrogens (tertiary/aromatic N) is 2. The number of amides is 1. The predicted octanol–water partition coefficient (Wildman–Crippen LogP) is 2.27. The summed E-state index contributed by atoms with van der Waals surface area (Å²) in [6.45, 7) is -0.610. The van der Waals surface area contributed by atoms with Gasteiger partial charge < -0.3 is 14.8 Å². The average Bonchev–Trinajstić information content (AvgIpc) is 2.65. The van der Waals surface area contributed by atoms with Crippen molar-refractivity contribution in [2.75, 3.05) is 19.0 Å². The number of anilines is 1. The zero-order chi connectivity index (χ0) is 19.1. The van der Waals surface area contributed by atoms with Gasteiger partial charge in [-0.05, 0) is 24.3 Å². The van der Waals surface area contributed by atoms with Gasteiger partial charge in [0, 0.05) is 17.8 Å². The Kier molecular flexibility index (Phi) is 5.84. The van der Waals surface area contributed by atoms with E-state index in [4.69, 9.17) is 14.7 Å². The highest BCUT2D eigenvalue weighted by atomic mass is 16.6. The van der Waals surface area contributed by atoms with Crippen LogP contribution in [0.2, 0.25) is 0 Å². The number of rotatable bonds is 6. The van der Waals surface area contributed by atoms with Crippen molar-refractivity contribution in [3.63, 3.8) is 0 Å². The van der Waals surface area contributed by atoms with Gasteiger partial charge in [-0.2, -0.15) is 5.26 Å². The topological polar surface area (TPSA) is 132 Å². The van der Waals surface area contributed by atoms with Crippen LogP contribution >= 0.6 is 0 Å². The lowest BCUT2D eigenvalue weighted by Crippen LogP contribution is -2.21. The minimum Gasteiger partial charge on any atom is -0.496 e. The molecule has 1 N–H and O–H groups in total. The van der Waals surface area contributed by atoms with Crippen LogP contribution in [0.25, 0.3) is 0 Å². The Morgan fingerprint density at radius 2 is 2.04 bits per heavy atom. The van der Waals surface area contributed by atoms with E-state index in [0.717, 1.165) is 6.07 Å². The number of nitrogens with one attached hydrogen (secondary N) is 1. The van der Waals surface area contributed by atoms with E-state index in [1.54, 1.807) is 18.2 Å². The van der Waals surface area contributed by atoms with Crippen molar-refractivity contribution in [1.29, 1.82) is 5.26 Å². The molecule has 0 spiro atoms. The summed E-state index contributed by atoms with van der Waals surface area (Å²) in [5.74, 6) is -1.48. The molecule has 0 aliphatic carbocycles. The minimum atomic E-state index is -0.938. The Morgan fingerprint density at radius 3 is 2.69 bits per heavy atom. The summed E-state index contributed by atoms with van der Waals surface area (Å²) in [4.78, 5) is 34.1. The fraction of sp³-hybridized carbons (Fsp3) is 0.118. The van der Waals surface area contributed by atoms with E-state index in [1.165, 1.54) is 25.3 Å². The van der Waals surface area contributed by atoms with Gasteiger partial charge in [0.05, 0.1) is 23.7 Å². The number of carbonyl (C=O) groups excluding carboxylic acids is 2.